The molecule has 2 aliphatic rings. The molecule has 1 aromatic rings. The van der Waals surface area contributed by atoms with Crippen LogP contribution in [0.4, 0.5) is 0 Å². The quantitative estimate of drug-likeness (QED) is 0.508. The van der Waals surface area contributed by atoms with Gasteiger partial charge in [-0.15, -0.1) is 52.4 Å². The third-order valence-electron chi connectivity index (χ3n) is 6.80. The van der Waals surface area contributed by atoms with Crippen LogP contribution in [-0.2, 0) is 46.1 Å². The summed E-state index contributed by atoms with van der Waals surface area (Å²) in [5.74, 6) is 0. The Morgan fingerprint density at radius 2 is 0.868 bits per heavy atom. The summed E-state index contributed by atoms with van der Waals surface area (Å²) in [4.78, 5) is 5.11. The maximum atomic E-state index is 4.75. The van der Waals surface area contributed by atoms with Gasteiger partial charge in [0.1, 0.15) is 0 Å². The third-order valence-corrected chi connectivity index (χ3v) is 6.80. The molecule has 0 atom stereocenters. The minimum absolute atomic E-state index is 0. The number of hydrogen-bond acceptors (Lipinski definition) is 4. The minimum Gasteiger partial charge on any atom is -0.661 e. The Kier molecular flexibility index (Phi) is 23.3. The molecule has 2 aliphatic heterocycles. The van der Waals surface area contributed by atoms with Gasteiger partial charge in [0, 0.05) is 13.1 Å². The molecule has 2 saturated heterocycles. The molecule has 0 aromatic heterocycles. The fourth-order valence-electron chi connectivity index (χ4n) is 4.69. The summed E-state index contributed by atoms with van der Waals surface area (Å²) < 4.78 is 0. The van der Waals surface area contributed by atoms with Gasteiger partial charge in [-0.25, -0.2) is 0 Å². The fraction of sp³-hybridized carbons (Fsp3) is 0.786. The van der Waals surface area contributed by atoms with Gasteiger partial charge in [0.25, 0.3) is 0 Å². The Bertz CT molecular complexity index is 569. The van der Waals surface area contributed by atoms with Crippen LogP contribution in [-0.4, -0.2) is 115 Å². The van der Waals surface area contributed by atoms with Crippen molar-refractivity contribution >= 4 is 0 Å². The molecule has 0 amide bonds. The molecule has 0 saturated carbocycles. The second kappa shape index (κ2) is 24.7. The van der Waals surface area contributed by atoms with Gasteiger partial charge in [-0.1, -0.05) is 49.9 Å². The molecule has 38 heavy (non-hydrogen) atoms. The fourth-order valence-corrected chi connectivity index (χ4v) is 4.69. The van der Waals surface area contributed by atoms with Gasteiger partial charge in [-0.05, 0) is 63.5 Å². The van der Waals surface area contributed by atoms with Crippen LogP contribution in [0.1, 0.15) is 36.8 Å². The van der Waals surface area contributed by atoms with Crippen molar-refractivity contribution in [1.82, 2.24) is 20.4 Å². The van der Waals surface area contributed by atoms with Crippen LogP contribution in [0.3, 0.4) is 0 Å². The first kappa shape index (κ1) is 35.9. The van der Waals surface area contributed by atoms with Crippen LogP contribution in [0.5, 0.6) is 0 Å². The SMILES string of the molecule is [Ni+2].[Ni+2].c1cc(CN2CCC[N-]CCNCCC[N-]CC2)ccc1CN1CCC[N-]CCNCCC[N-]CC1. The molecule has 2 N–H and O–H groups in total. The van der Waals surface area contributed by atoms with Crippen LogP contribution in [0.15, 0.2) is 24.3 Å². The smallest absolute Gasteiger partial charge is 0.661 e. The number of nitrogens with one attached hydrogen (secondary N) is 2. The zero-order valence-electron chi connectivity index (χ0n) is 23.2. The molecule has 2 heterocycles. The van der Waals surface area contributed by atoms with E-state index < -0.39 is 0 Å². The molecule has 0 aliphatic carbocycles. The van der Waals surface area contributed by atoms with E-state index in [-0.39, 0.29) is 33.0 Å². The average Bonchev–Trinajstić information content (AvgIpc) is 2.89. The first-order chi connectivity index (χ1) is 17.9. The molecule has 3 rings (SSSR count). The van der Waals surface area contributed by atoms with Crippen molar-refractivity contribution in [2.24, 2.45) is 0 Å². The molecule has 222 valence electrons. The minimum atomic E-state index is 0. The predicted octanol–water partition coefficient (Wildman–Crippen LogP) is 3.55. The van der Waals surface area contributed by atoms with Crippen molar-refractivity contribution in [3.63, 3.8) is 0 Å². The van der Waals surface area contributed by atoms with Gasteiger partial charge in [-0.2, -0.15) is 0 Å². The Balaban J connectivity index is 0.00000361. The number of hydrogen-bond donors (Lipinski definition) is 2. The molecule has 1 aromatic carbocycles. The topological polar surface area (TPSA) is 86.9 Å². The van der Waals surface area contributed by atoms with Gasteiger partial charge in [-0.3, -0.25) is 0 Å². The summed E-state index contributed by atoms with van der Waals surface area (Å²) in [6.45, 7) is 17.9. The second-order valence-electron chi connectivity index (χ2n) is 9.97. The first-order valence-electron chi connectivity index (χ1n) is 14.4. The monoisotopic (exact) mass is 614 g/mol. The summed E-state index contributed by atoms with van der Waals surface area (Å²) in [7, 11) is 0. The van der Waals surface area contributed by atoms with Gasteiger partial charge in [0.05, 0.1) is 0 Å². The van der Waals surface area contributed by atoms with Crippen LogP contribution in [0.25, 0.3) is 21.3 Å². The summed E-state index contributed by atoms with van der Waals surface area (Å²) in [5, 5.41) is 25.8. The zero-order valence-corrected chi connectivity index (χ0v) is 25.2. The summed E-state index contributed by atoms with van der Waals surface area (Å²) in [5.41, 5.74) is 2.79. The van der Waals surface area contributed by atoms with Crippen molar-refractivity contribution in [2.75, 3.05) is 105 Å². The first-order valence-corrected chi connectivity index (χ1v) is 14.4. The molecule has 0 radical (unpaired) electrons. The van der Waals surface area contributed by atoms with Crippen LogP contribution >= 0.6 is 0 Å². The zero-order chi connectivity index (χ0) is 24.9. The van der Waals surface area contributed by atoms with E-state index in [1.54, 1.807) is 0 Å². The van der Waals surface area contributed by atoms with Gasteiger partial charge in [0.15, 0.2) is 0 Å². The van der Waals surface area contributed by atoms with E-state index in [2.05, 4.69) is 55.3 Å². The Labute approximate surface area is 252 Å². The molecule has 10 heteroatoms. The van der Waals surface area contributed by atoms with Crippen molar-refractivity contribution in [3.05, 3.63) is 56.7 Å². The van der Waals surface area contributed by atoms with Gasteiger partial charge in [0.2, 0.25) is 0 Å². The van der Waals surface area contributed by atoms with Crippen LogP contribution < -0.4 is 10.6 Å². The van der Waals surface area contributed by atoms with E-state index in [1.807, 2.05) is 0 Å². The van der Waals surface area contributed by atoms with Crippen LogP contribution in [0.2, 0.25) is 0 Å². The van der Waals surface area contributed by atoms with E-state index in [1.165, 1.54) is 11.1 Å². The van der Waals surface area contributed by atoms with E-state index in [0.29, 0.717) is 0 Å². The number of nitrogens with zero attached hydrogens (tertiary/aromatic N) is 6. The molecule has 8 nitrogen and oxygen atoms in total. The van der Waals surface area contributed by atoms with E-state index in [4.69, 9.17) is 10.6 Å². The molecular formula is C28H50N8Ni2. The van der Waals surface area contributed by atoms with E-state index in [0.717, 1.165) is 143 Å². The van der Waals surface area contributed by atoms with Gasteiger partial charge >= 0.3 is 33.0 Å². The van der Waals surface area contributed by atoms with Crippen molar-refractivity contribution < 1.29 is 33.0 Å². The number of rotatable bonds is 4. The van der Waals surface area contributed by atoms with Crippen molar-refractivity contribution in [3.8, 4) is 0 Å². The standard InChI is InChI=1S/C28H50N8.2Ni/c1-9-29-15-17-31-13-3-21-35(23-19-33-11-1)25-27-5-7-28(8-6-27)26-36-22-4-14-32-18-16-30-10-2-12-34-20-24-36;;/h5-8,29-30H,1-4,9-26H2;;/q-4;2*+2. The molecule has 0 unspecified atom stereocenters. The van der Waals surface area contributed by atoms with Gasteiger partial charge < -0.3 is 41.7 Å². The Hall–Kier alpha value is -0.113. The molecule has 0 bridgehead atoms. The summed E-state index contributed by atoms with van der Waals surface area (Å²) in [6.07, 6.45) is 4.50. The third kappa shape index (κ3) is 17.6. The van der Waals surface area contributed by atoms with E-state index >= 15 is 0 Å². The van der Waals surface area contributed by atoms with Crippen LogP contribution in [0, 0.1) is 0 Å². The van der Waals surface area contributed by atoms with Crippen molar-refractivity contribution in [2.45, 2.75) is 38.8 Å². The maximum absolute atomic E-state index is 4.75. The Morgan fingerprint density at radius 3 is 1.32 bits per heavy atom. The second-order valence-corrected chi connectivity index (χ2v) is 9.97. The molecule has 0 spiro atoms. The summed E-state index contributed by atoms with van der Waals surface area (Å²) >= 11 is 0. The summed E-state index contributed by atoms with van der Waals surface area (Å²) in [6, 6.07) is 9.30. The predicted molar refractivity (Wildman–Crippen MR) is 154 cm³/mol. The average molecular weight is 616 g/mol. The van der Waals surface area contributed by atoms with E-state index in [9.17, 15) is 0 Å². The maximum Gasteiger partial charge on any atom is 2.00 e. The molecule has 2 fully saturated rings. The molecular weight excluding hydrogens is 566 g/mol. The normalized spacial score (nSPS) is 21.7. The largest absolute Gasteiger partial charge is 2.00 e. The van der Waals surface area contributed by atoms with Crippen molar-refractivity contribution in [1.29, 1.82) is 0 Å². The Morgan fingerprint density at radius 1 is 0.474 bits per heavy atom. The number of benzene rings is 1.